The maximum Gasteiger partial charge on any atom is 0.254 e. The van der Waals surface area contributed by atoms with Gasteiger partial charge >= 0.3 is 0 Å². The Labute approximate surface area is 162 Å². The fraction of sp³-hybridized carbons (Fsp3) is 0.300. The molecular formula is C20H20ClN3OS. The first-order valence-electron chi connectivity index (χ1n) is 8.75. The molecule has 0 bridgehead atoms. The molecule has 0 spiro atoms. The largest absolute Gasteiger partial charge is 0.337 e. The number of benzene rings is 1. The number of pyridine rings is 1. The van der Waals surface area contributed by atoms with E-state index >= 15 is 0 Å². The maximum absolute atomic E-state index is 13.3. The molecule has 0 aliphatic carbocycles. The van der Waals surface area contributed by atoms with Crippen LogP contribution in [0.2, 0.25) is 4.34 Å². The molecule has 4 nitrogen and oxygen atoms in total. The van der Waals surface area contributed by atoms with Gasteiger partial charge in [0.05, 0.1) is 26.0 Å². The maximum atomic E-state index is 13.3. The number of thiophene rings is 1. The van der Waals surface area contributed by atoms with Crippen molar-refractivity contribution in [3.05, 3.63) is 52.4 Å². The minimum Gasteiger partial charge on any atom is -0.337 e. The normalized spacial score (nSPS) is 16.0. The average molecular weight is 386 g/mol. The Bertz CT molecular complexity index is 955. The Balaban J connectivity index is 1.78. The number of likely N-dealkylation sites (N-methyl/N-ethyl adjacent to an activating group) is 1. The molecule has 1 aliphatic rings. The highest BCUT2D eigenvalue weighted by molar-refractivity contribution is 7.19. The third kappa shape index (κ3) is 3.47. The quantitative estimate of drug-likeness (QED) is 0.656. The summed E-state index contributed by atoms with van der Waals surface area (Å²) in [6, 6.07) is 13.6. The number of para-hydroxylation sites is 1. The van der Waals surface area contributed by atoms with Crippen LogP contribution < -0.4 is 0 Å². The number of hydrogen-bond acceptors (Lipinski definition) is 4. The van der Waals surface area contributed by atoms with Crippen LogP contribution in [-0.2, 0) is 0 Å². The average Bonchev–Trinajstić information content (AvgIpc) is 2.97. The molecule has 1 saturated heterocycles. The number of rotatable bonds is 2. The van der Waals surface area contributed by atoms with Crippen molar-refractivity contribution in [3.8, 4) is 10.6 Å². The summed E-state index contributed by atoms with van der Waals surface area (Å²) >= 11 is 7.58. The molecule has 1 amide bonds. The fourth-order valence-corrected chi connectivity index (χ4v) is 4.35. The van der Waals surface area contributed by atoms with E-state index in [2.05, 4.69) is 11.9 Å². The van der Waals surface area contributed by atoms with Gasteiger partial charge in [0.1, 0.15) is 0 Å². The third-order valence-corrected chi connectivity index (χ3v) is 6.03. The molecule has 2 aromatic heterocycles. The molecule has 1 fully saturated rings. The highest BCUT2D eigenvalue weighted by Crippen LogP contribution is 2.32. The standard InChI is InChI=1S/C20H20ClN3OS/c1-23-9-4-10-24(12-11-23)20(25)15-13-17(18-7-8-19(21)26-18)22-16-6-3-2-5-14(15)16/h2-3,5-8,13H,4,9-12H2,1H3. The van der Waals surface area contributed by atoms with Gasteiger partial charge in [0.2, 0.25) is 0 Å². The van der Waals surface area contributed by atoms with Crippen LogP contribution in [0.25, 0.3) is 21.5 Å². The summed E-state index contributed by atoms with van der Waals surface area (Å²) in [4.78, 5) is 23.3. The van der Waals surface area contributed by atoms with Gasteiger partial charge in [-0.2, -0.15) is 0 Å². The van der Waals surface area contributed by atoms with E-state index in [0.717, 1.165) is 64.0 Å². The lowest BCUT2D eigenvalue weighted by molar-refractivity contribution is 0.0765. The number of carbonyl (C=O) groups is 1. The number of halogens is 1. The lowest BCUT2D eigenvalue weighted by Crippen LogP contribution is -2.34. The molecule has 0 atom stereocenters. The molecule has 3 aromatic rings. The van der Waals surface area contributed by atoms with Crippen molar-refractivity contribution in [2.45, 2.75) is 6.42 Å². The van der Waals surface area contributed by atoms with Gasteiger partial charge in [0, 0.05) is 25.0 Å². The van der Waals surface area contributed by atoms with Crippen LogP contribution in [0.1, 0.15) is 16.8 Å². The van der Waals surface area contributed by atoms with E-state index < -0.39 is 0 Å². The van der Waals surface area contributed by atoms with Crippen LogP contribution >= 0.6 is 22.9 Å². The smallest absolute Gasteiger partial charge is 0.254 e. The van der Waals surface area contributed by atoms with Crippen LogP contribution in [-0.4, -0.2) is 53.9 Å². The van der Waals surface area contributed by atoms with Crippen molar-refractivity contribution >= 4 is 39.7 Å². The minimum atomic E-state index is 0.0859. The summed E-state index contributed by atoms with van der Waals surface area (Å²) in [5.41, 5.74) is 2.36. The van der Waals surface area contributed by atoms with Gasteiger partial charge in [-0.05, 0) is 44.3 Å². The first-order valence-corrected chi connectivity index (χ1v) is 9.94. The van der Waals surface area contributed by atoms with Crippen molar-refractivity contribution in [2.24, 2.45) is 0 Å². The number of fused-ring (bicyclic) bond motifs is 1. The Morgan fingerprint density at radius 1 is 1.12 bits per heavy atom. The van der Waals surface area contributed by atoms with Gasteiger partial charge in [-0.3, -0.25) is 4.79 Å². The van der Waals surface area contributed by atoms with E-state index in [1.807, 2.05) is 47.4 Å². The molecule has 3 heterocycles. The van der Waals surface area contributed by atoms with Gasteiger partial charge in [0.15, 0.2) is 0 Å². The Kier molecular flexibility index (Phi) is 4.94. The predicted octanol–water partition coefficient (Wildman–Crippen LogP) is 4.39. The van der Waals surface area contributed by atoms with Crippen molar-refractivity contribution in [1.82, 2.24) is 14.8 Å². The van der Waals surface area contributed by atoms with E-state index in [1.165, 1.54) is 11.3 Å². The van der Waals surface area contributed by atoms with Crippen molar-refractivity contribution < 1.29 is 4.79 Å². The third-order valence-electron chi connectivity index (χ3n) is 4.78. The zero-order valence-electron chi connectivity index (χ0n) is 14.6. The summed E-state index contributed by atoms with van der Waals surface area (Å²) in [6.45, 7) is 3.48. The zero-order valence-corrected chi connectivity index (χ0v) is 16.2. The Morgan fingerprint density at radius 2 is 1.96 bits per heavy atom. The molecule has 0 radical (unpaired) electrons. The molecule has 0 N–H and O–H groups in total. The zero-order chi connectivity index (χ0) is 18.1. The van der Waals surface area contributed by atoms with Gasteiger partial charge in [-0.25, -0.2) is 4.98 Å². The monoisotopic (exact) mass is 385 g/mol. The number of amides is 1. The molecule has 0 saturated carbocycles. The predicted molar refractivity (Wildman–Crippen MR) is 108 cm³/mol. The number of nitrogens with zero attached hydrogens (tertiary/aromatic N) is 3. The SMILES string of the molecule is CN1CCCN(C(=O)c2cc(-c3ccc(Cl)s3)nc3ccccc23)CC1. The van der Waals surface area contributed by atoms with E-state index in [0.29, 0.717) is 0 Å². The molecule has 1 aliphatic heterocycles. The highest BCUT2D eigenvalue weighted by Gasteiger charge is 2.22. The summed E-state index contributed by atoms with van der Waals surface area (Å²) in [5.74, 6) is 0.0859. The molecule has 0 unspecified atom stereocenters. The highest BCUT2D eigenvalue weighted by atomic mass is 35.5. The van der Waals surface area contributed by atoms with Gasteiger partial charge in [0.25, 0.3) is 5.91 Å². The fourth-order valence-electron chi connectivity index (χ4n) is 3.35. The molecular weight excluding hydrogens is 366 g/mol. The minimum absolute atomic E-state index is 0.0859. The summed E-state index contributed by atoms with van der Waals surface area (Å²) in [5, 5.41) is 0.904. The van der Waals surface area contributed by atoms with E-state index in [-0.39, 0.29) is 5.91 Å². The first-order chi connectivity index (χ1) is 12.6. The van der Waals surface area contributed by atoms with Crippen molar-refractivity contribution in [3.63, 3.8) is 0 Å². The van der Waals surface area contributed by atoms with Crippen LogP contribution in [0, 0.1) is 0 Å². The van der Waals surface area contributed by atoms with Gasteiger partial charge < -0.3 is 9.80 Å². The van der Waals surface area contributed by atoms with Crippen LogP contribution in [0.15, 0.2) is 42.5 Å². The summed E-state index contributed by atoms with van der Waals surface area (Å²) < 4.78 is 0.721. The second-order valence-electron chi connectivity index (χ2n) is 6.62. The van der Waals surface area contributed by atoms with Gasteiger partial charge in [-0.15, -0.1) is 11.3 Å². The number of hydrogen-bond donors (Lipinski definition) is 0. The molecule has 4 rings (SSSR count). The van der Waals surface area contributed by atoms with E-state index in [1.54, 1.807) is 0 Å². The lowest BCUT2D eigenvalue weighted by atomic mass is 10.1. The molecule has 1 aromatic carbocycles. The van der Waals surface area contributed by atoms with Crippen LogP contribution in [0.3, 0.4) is 0 Å². The topological polar surface area (TPSA) is 36.4 Å². The van der Waals surface area contributed by atoms with Gasteiger partial charge in [-0.1, -0.05) is 29.8 Å². The van der Waals surface area contributed by atoms with Crippen molar-refractivity contribution in [2.75, 3.05) is 33.2 Å². The van der Waals surface area contributed by atoms with E-state index in [9.17, 15) is 4.79 Å². The Hall–Kier alpha value is -1.95. The summed E-state index contributed by atoms with van der Waals surface area (Å²) in [6.07, 6.45) is 0.999. The second kappa shape index (κ2) is 7.35. The number of carbonyl (C=O) groups excluding carboxylic acids is 1. The molecule has 6 heteroatoms. The van der Waals surface area contributed by atoms with E-state index in [4.69, 9.17) is 16.6 Å². The first kappa shape index (κ1) is 17.5. The summed E-state index contributed by atoms with van der Waals surface area (Å²) in [7, 11) is 2.11. The van der Waals surface area contributed by atoms with Crippen LogP contribution in [0.4, 0.5) is 0 Å². The van der Waals surface area contributed by atoms with Crippen molar-refractivity contribution in [1.29, 1.82) is 0 Å². The molecule has 134 valence electrons. The van der Waals surface area contributed by atoms with Crippen LogP contribution in [0.5, 0.6) is 0 Å². The second-order valence-corrected chi connectivity index (χ2v) is 8.34. The lowest BCUT2D eigenvalue weighted by Gasteiger charge is -2.21. The Morgan fingerprint density at radius 3 is 2.77 bits per heavy atom. The number of aromatic nitrogens is 1. The molecule has 26 heavy (non-hydrogen) atoms.